The maximum absolute atomic E-state index is 10.1. The van der Waals surface area contributed by atoms with Gasteiger partial charge in [0, 0.05) is 10.9 Å². The second kappa shape index (κ2) is 5.87. The molecule has 0 amide bonds. The number of thiophene rings is 1. The third kappa shape index (κ3) is 3.66. The van der Waals surface area contributed by atoms with Crippen molar-refractivity contribution in [1.29, 1.82) is 0 Å². The molecule has 0 spiro atoms. The van der Waals surface area contributed by atoms with Gasteiger partial charge in [-0.3, -0.25) is 0 Å². The normalized spacial score (nSPS) is 15.2. The number of rotatable bonds is 5. The average molecular weight is 275 g/mol. The Morgan fingerprint density at radius 2 is 1.79 bits per heavy atom. The van der Waals surface area contributed by atoms with Crippen molar-refractivity contribution in [3.63, 3.8) is 0 Å². The molecular formula is C16H21NOS. The van der Waals surface area contributed by atoms with E-state index in [1.807, 2.05) is 39.0 Å². The van der Waals surface area contributed by atoms with Crippen molar-refractivity contribution in [1.82, 2.24) is 5.32 Å². The molecule has 0 bridgehead atoms. The SMILES string of the molecule is CC(NC(c1ccccc1)c1cccs1)C(C)(C)O. The van der Waals surface area contributed by atoms with Gasteiger partial charge in [0.1, 0.15) is 0 Å². The summed E-state index contributed by atoms with van der Waals surface area (Å²) in [6.45, 7) is 5.69. The maximum Gasteiger partial charge on any atom is 0.0741 e. The van der Waals surface area contributed by atoms with Crippen LogP contribution in [-0.4, -0.2) is 16.7 Å². The fourth-order valence-corrected chi connectivity index (χ4v) is 2.71. The Balaban J connectivity index is 2.26. The van der Waals surface area contributed by atoms with Crippen molar-refractivity contribution in [2.45, 2.75) is 38.5 Å². The van der Waals surface area contributed by atoms with Gasteiger partial charge in [0.15, 0.2) is 0 Å². The lowest BCUT2D eigenvalue weighted by Gasteiger charge is -2.31. The zero-order chi connectivity index (χ0) is 13.9. The number of nitrogens with one attached hydrogen (secondary N) is 1. The van der Waals surface area contributed by atoms with E-state index in [0.29, 0.717) is 0 Å². The van der Waals surface area contributed by atoms with Crippen LogP contribution in [0.2, 0.25) is 0 Å². The Bertz CT molecular complexity index is 487. The van der Waals surface area contributed by atoms with Gasteiger partial charge >= 0.3 is 0 Å². The molecule has 0 saturated heterocycles. The predicted octanol–water partition coefficient (Wildman–Crippen LogP) is 3.59. The summed E-state index contributed by atoms with van der Waals surface area (Å²) < 4.78 is 0. The van der Waals surface area contributed by atoms with E-state index in [-0.39, 0.29) is 12.1 Å². The third-order valence-electron chi connectivity index (χ3n) is 3.44. The van der Waals surface area contributed by atoms with Gasteiger partial charge in [-0.15, -0.1) is 11.3 Å². The standard InChI is InChI=1S/C16H21NOS/c1-12(16(2,3)18)17-15(14-10-7-11-19-14)13-8-5-4-6-9-13/h4-12,15,17-18H,1-3H3. The van der Waals surface area contributed by atoms with Crippen LogP contribution in [0.5, 0.6) is 0 Å². The first kappa shape index (κ1) is 14.3. The first-order valence-electron chi connectivity index (χ1n) is 6.55. The van der Waals surface area contributed by atoms with E-state index in [0.717, 1.165) is 0 Å². The smallest absolute Gasteiger partial charge is 0.0741 e. The van der Waals surface area contributed by atoms with Gasteiger partial charge in [-0.1, -0.05) is 36.4 Å². The summed E-state index contributed by atoms with van der Waals surface area (Å²) in [6, 6.07) is 14.7. The molecule has 1 aromatic carbocycles. The molecule has 2 aromatic rings. The van der Waals surface area contributed by atoms with Crippen LogP contribution in [-0.2, 0) is 0 Å². The molecule has 0 radical (unpaired) electrons. The van der Waals surface area contributed by atoms with Crippen LogP contribution in [0.15, 0.2) is 47.8 Å². The average Bonchev–Trinajstić information content (AvgIpc) is 2.89. The maximum atomic E-state index is 10.1. The highest BCUT2D eigenvalue weighted by atomic mass is 32.1. The van der Waals surface area contributed by atoms with E-state index in [2.05, 4.69) is 35.0 Å². The molecule has 0 aliphatic carbocycles. The Morgan fingerprint density at radius 3 is 2.32 bits per heavy atom. The van der Waals surface area contributed by atoms with Crippen molar-refractivity contribution >= 4 is 11.3 Å². The lowest BCUT2D eigenvalue weighted by Crippen LogP contribution is -2.46. The predicted molar refractivity (Wildman–Crippen MR) is 81.5 cm³/mol. The summed E-state index contributed by atoms with van der Waals surface area (Å²) in [6.07, 6.45) is 0. The Kier molecular flexibility index (Phi) is 4.40. The number of hydrogen-bond donors (Lipinski definition) is 2. The quantitative estimate of drug-likeness (QED) is 0.874. The van der Waals surface area contributed by atoms with Gasteiger partial charge in [0.05, 0.1) is 11.6 Å². The molecule has 2 rings (SSSR count). The van der Waals surface area contributed by atoms with E-state index in [1.165, 1.54) is 10.4 Å². The lowest BCUT2D eigenvalue weighted by molar-refractivity contribution is 0.0416. The zero-order valence-electron chi connectivity index (χ0n) is 11.6. The zero-order valence-corrected chi connectivity index (χ0v) is 12.4. The highest BCUT2D eigenvalue weighted by Gasteiger charge is 2.26. The van der Waals surface area contributed by atoms with Crippen molar-refractivity contribution in [3.8, 4) is 0 Å². The van der Waals surface area contributed by atoms with E-state index < -0.39 is 5.60 Å². The monoisotopic (exact) mass is 275 g/mol. The first-order valence-corrected chi connectivity index (χ1v) is 7.43. The van der Waals surface area contributed by atoms with E-state index in [4.69, 9.17) is 0 Å². The third-order valence-corrected chi connectivity index (χ3v) is 4.37. The summed E-state index contributed by atoms with van der Waals surface area (Å²) in [5.41, 5.74) is 0.477. The summed E-state index contributed by atoms with van der Waals surface area (Å²) >= 11 is 1.73. The Morgan fingerprint density at radius 1 is 1.11 bits per heavy atom. The van der Waals surface area contributed by atoms with E-state index in [1.54, 1.807) is 11.3 Å². The van der Waals surface area contributed by atoms with Crippen LogP contribution < -0.4 is 5.32 Å². The second-order valence-electron chi connectivity index (χ2n) is 5.40. The highest BCUT2D eigenvalue weighted by Crippen LogP contribution is 2.27. The molecule has 2 unspecified atom stereocenters. The lowest BCUT2D eigenvalue weighted by atomic mass is 9.97. The van der Waals surface area contributed by atoms with Crippen molar-refractivity contribution in [2.75, 3.05) is 0 Å². The van der Waals surface area contributed by atoms with Crippen LogP contribution in [0.25, 0.3) is 0 Å². The molecule has 2 N–H and O–H groups in total. The Labute approximate surface area is 119 Å². The molecule has 0 fully saturated rings. The molecule has 0 aliphatic rings. The summed E-state index contributed by atoms with van der Waals surface area (Å²) in [5, 5.41) is 15.7. The molecular weight excluding hydrogens is 254 g/mol. The molecule has 3 heteroatoms. The fourth-order valence-electron chi connectivity index (χ4n) is 1.90. The summed E-state index contributed by atoms with van der Waals surface area (Å²) in [7, 11) is 0. The minimum Gasteiger partial charge on any atom is -0.389 e. The molecule has 1 aromatic heterocycles. The largest absolute Gasteiger partial charge is 0.389 e. The number of hydrogen-bond acceptors (Lipinski definition) is 3. The van der Waals surface area contributed by atoms with Gasteiger partial charge < -0.3 is 10.4 Å². The van der Waals surface area contributed by atoms with Crippen LogP contribution in [0.3, 0.4) is 0 Å². The summed E-state index contributed by atoms with van der Waals surface area (Å²) in [5.74, 6) is 0. The summed E-state index contributed by atoms with van der Waals surface area (Å²) in [4.78, 5) is 1.27. The van der Waals surface area contributed by atoms with Crippen LogP contribution in [0, 0.1) is 0 Å². The van der Waals surface area contributed by atoms with Gasteiger partial charge in [-0.2, -0.15) is 0 Å². The van der Waals surface area contributed by atoms with Crippen molar-refractivity contribution in [2.24, 2.45) is 0 Å². The second-order valence-corrected chi connectivity index (χ2v) is 6.38. The molecule has 2 atom stereocenters. The Hall–Kier alpha value is -1.16. The topological polar surface area (TPSA) is 32.3 Å². The van der Waals surface area contributed by atoms with Gasteiger partial charge in [0.25, 0.3) is 0 Å². The minimum atomic E-state index is -0.746. The molecule has 0 aliphatic heterocycles. The van der Waals surface area contributed by atoms with Crippen molar-refractivity contribution < 1.29 is 5.11 Å². The minimum absolute atomic E-state index is 0.000180. The van der Waals surface area contributed by atoms with E-state index in [9.17, 15) is 5.11 Å². The first-order chi connectivity index (χ1) is 8.98. The van der Waals surface area contributed by atoms with E-state index >= 15 is 0 Å². The molecule has 2 nitrogen and oxygen atoms in total. The fraction of sp³-hybridized carbons (Fsp3) is 0.375. The van der Waals surface area contributed by atoms with Gasteiger partial charge in [-0.25, -0.2) is 0 Å². The van der Waals surface area contributed by atoms with Gasteiger partial charge in [0.2, 0.25) is 0 Å². The molecule has 19 heavy (non-hydrogen) atoms. The van der Waals surface area contributed by atoms with Crippen LogP contribution in [0.4, 0.5) is 0 Å². The van der Waals surface area contributed by atoms with Crippen molar-refractivity contribution in [3.05, 3.63) is 58.3 Å². The van der Waals surface area contributed by atoms with Gasteiger partial charge in [-0.05, 0) is 37.8 Å². The van der Waals surface area contributed by atoms with Crippen LogP contribution >= 0.6 is 11.3 Å². The number of aliphatic hydroxyl groups is 1. The molecule has 102 valence electrons. The van der Waals surface area contributed by atoms with Crippen LogP contribution in [0.1, 0.15) is 37.3 Å². The molecule has 1 heterocycles. The number of benzene rings is 1. The molecule has 0 saturated carbocycles. The highest BCUT2D eigenvalue weighted by molar-refractivity contribution is 7.10.